The van der Waals surface area contributed by atoms with Crippen molar-refractivity contribution >= 4 is 51.8 Å². The van der Waals surface area contributed by atoms with E-state index < -0.39 is 46.6 Å². The molecule has 2 rings (SSSR count). The monoisotopic (exact) mass is 427 g/mol. The summed E-state index contributed by atoms with van der Waals surface area (Å²) in [6.07, 6.45) is -6.25. The van der Waals surface area contributed by atoms with Crippen LogP contribution in [-0.2, 0) is 15.9 Å². The number of aldehydes is 1. The summed E-state index contributed by atoms with van der Waals surface area (Å²) < 4.78 is 73.4. The first-order valence-corrected chi connectivity index (χ1v) is 8.73. The van der Waals surface area contributed by atoms with Crippen LogP contribution in [0.1, 0.15) is 5.56 Å². The Labute approximate surface area is 158 Å². The Kier molecular flexibility index (Phi) is 6.01. The number of hydrogen-bond donors (Lipinski definition) is 3. The fourth-order valence-corrected chi connectivity index (χ4v) is 2.80. The predicted molar refractivity (Wildman–Crippen MR) is 95.1 cm³/mol. The number of nitrogens with one attached hydrogen (secondary N) is 1. The van der Waals surface area contributed by atoms with Crippen LogP contribution >= 0.6 is 12.2 Å². The maximum absolute atomic E-state index is 14.5. The lowest BCUT2D eigenvalue weighted by molar-refractivity contribution is -0.111. The summed E-state index contributed by atoms with van der Waals surface area (Å²) in [5, 5.41) is 6.35. The number of nitrogens with two attached hydrogens (primary N) is 1. The molecule has 8 nitrogen and oxygen atoms in total. The van der Waals surface area contributed by atoms with Gasteiger partial charge in [0.05, 0.1) is 0 Å². The Morgan fingerprint density at radius 1 is 1.52 bits per heavy atom. The van der Waals surface area contributed by atoms with E-state index in [4.69, 9.17) is 22.5 Å². The van der Waals surface area contributed by atoms with Gasteiger partial charge in [0, 0.05) is 18.3 Å². The van der Waals surface area contributed by atoms with Crippen LogP contribution in [0.3, 0.4) is 0 Å². The zero-order valence-electron chi connectivity index (χ0n) is 13.5. The molecule has 0 aromatic heterocycles. The lowest BCUT2D eigenvalue weighted by atomic mass is 10.1. The van der Waals surface area contributed by atoms with E-state index in [9.17, 15) is 26.6 Å². The average molecular weight is 427 g/mol. The maximum Gasteiger partial charge on any atom is 0.451 e. The standard InChI is InChI=1S/C13H13F4N5O3S2/c1-21-10(4-23)22(20-12(21)13(15,16)17)9-3-8(19-5-27(24)25)6(11(18)26)2-7(9)14/h2-4,10,19H,5H2,1H3,(H2,18,26)(H,24,25). The number of halogens is 4. The summed E-state index contributed by atoms with van der Waals surface area (Å²) in [4.78, 5) is 11.6. The first-order chi connectivity index (χ1) is 12.5. The molecule has 0 saturated carbocycles. The molecule has 148 valence electrons. The number of carbonyl (C=O) groups is 1. The van der Waals surface area contributed by atoms with Crippen LogP contribution in [-0.4, -0.2) is 56.0 Å². The summed E-state index contributed by atoms with van der Waals surface area (Å²) in [6.45, 7) is 0. The number of hydrazone groups is 1. The maximum atomic E-state index is 14.5. The number of hydrogen-bond acceptors (Lipinski definition) is 7. The molecule has 1 aromatic carbocycles. The van der Waals surface area contributed by atoms with E-state index in [0.717, 1.165) is 19.2 Å². The number of benzene rings is 1. The summed E-state index contributed by atoms with van der Waals surface area (Å²) in [7, 11) is 0.987. The van der Waals surface area contributed by atoms with Gasteiger partial charge >= 0.3 is 6.18 Å². The van der Waals surface area contributed by atoms with E-state index in [1.165, 1.54) is 0 Å². The van der Waals surface area contributed by atoms with Gasteiger partial charge in [-0.15, -0.1) is 5.10 Å². The van der Waals surface area contributed by atoms with Crippen molar-refractivity contribution < 1.29 is 31.1 Å². The third kappa shape index (κ3) is 4.33. The summed E-state index contributed by atoms with van der Waals surface area (Å²) >= 11 is 2.50. The van der Waals surface area contributed by atoms with Gasteiger partial charge in [0.1, 0.15) is 22.4 Å². The second kappa shape index (κ2) is 7.74. The number of rotatable bonds is 6. The van der Waals surface area contributed by atoms with Gasteiger partial charge < -0.3 is 20.5 Å². The average Bonchev–Trinajstić information content (AvgIpc) is 2.89. The van der Waals surface area contributed by atoms with Crippen LogP contribution in [0, 0.1) is 5.82 Å². The van der Waals surface area contributed by atoms with Crippen LogP contribution < -0.4 is 16.1 Å². The highest BCUT2D eigenvalue weighted by Crippen LogP contribution is 2.34. The molecule has 2 unspecified atom stereocenters. The zero-order chi connectivity index (χ0) is 20.5. The summed E-state index contributed by atoms with van der Waals surface area (Å²) in [5.41, 5.74) is 4.95. The van der Waals surface area contributed by atoms with Crippen molar-refractivity contribution in [2.75, 3.05) is 23.3 Å². The fraction of sp³-hybridized carbons (Fsp3) is 0.308. The first-order valence-electron chi connectivity index (χ1n) is 7.05. The van der Waals surface area contributed by atoms with Crippen molar-refractivity contribution in [2.45, 2.75) is 12.3 Å². The number of carbonyl (C=O) groups excluding carboxylic acids is 1. The minimum absolute atomic E-state index is 0.00994. The minimum Gasteiger partial charge on any atom is -0.389 e. The third-order valence-corrected chi connectivity index (χ3v) is 4.16. The molecule has 0 spiro atoms. The van der Waals surface area contributed by atoms with Crippen molar-refractivity contribution in [2.24, 2.45) is 10.8 Å². The number of amidine groups is 1. The molecule has 0 amide bonds. The van der Waals surface area contributed by atoms with E-state index in [-0.39, 0.29) is 22.5 Å². The molecule has 1 heterocycles. The van der Waals surface area contributed by atoms with Crippen LogP contribution in [0.5, 0.6) is 0 Å². The highest BCUT2D eigenvalue weighted by atomic mass is 32.2. The lowest BCUT2D eigenvalue weighted by Crippen LogP contribution is -2.44. The molecule has 4 N–H and O–H groups in total. The highest BCUT2D eigenvalue weighted by molar-refractivity contribution is 7.80. The molecular formula is C13H13F4N5O3S2. The van der Waals surface area contributed by atoms with Gasteiger partial charge in [-0.05, 0) is 12.1 Å². The van der Waals surface area contributed by atoms with Crippen molar-refractivity contribution in [1.29, 1.82) is 0 Å². The minimum atomic E-state index is -4.87. The topological polar surface area (TPSA) is 111 Å². The Bertz CT molecular complexity index is 833. The molecule has 0 aliphatic carbocycles. The van der Waals surface area contributed by atoms with Gasteiger partial charge in [-0.1, -0.05) is 12.2 Å². The lowest BCUT2D eigenvalue weighted by Gasteiger charge is -2.25. The first kappa shape index (κ1) is 21.0. The quantitative estimate of drug-likeness (QED) is 0.269. The van der Waals surface area contributed by atoms with Gasteiger partial charge in [0.2, 0.25) is 5.84 Å². The number of thiocarbonyl (C=S) groups is 1. The smallest absolute Gasteiger partial charge is 0.389 e. The molecule has 0 saturated heterocycles. The molecule has 1 aliphatic rings. The van der Waals surface area contributed by atoms with E-state index in [2.05, 4.69) is 10.4 Å². The Balaban J connectivity index is 2.57. The summed E-state index contributed by atoms with van der Waals surface area (Å²) in [5.74, 6) is -2.90. The van der Waals surface area contributed by atoms with Gasteiger partial charge in [-0.2, -0.15) is 13.2 Å². The number of alkyl halides is 3. The van der Waals surface area contributed by atoms with Crippen molar-refractivity contribution in [3.05, 3.63) is 23.5 Å². The van der Waals surface area contributed by atoms with Crippen molar-refractivity contribution in [3.8, 4) is 0 Å². The highest BCUT2D eigenvalue weighted by Gasteiger charge is 2.47. The molecule has 1 aliphatic heterocycles. The van der Waals surface area contributed by atoms with Crippen LogP contribution in [0.4, 0.5) is 28.9 Å². The second-order valence-corrected chi connectivity index (χ2v) is 6.65. The fourth-order valence-electron chi connectivity index (χ4n) is 2.35. The van der Waals surface area contributed by atoms with Crippen LogP contribution in [0.2, 0.25) is 0 Å². The van der Waals surface area contributed by atoms with Gasteiger partial charge in [-0.3, -0.25) is 4.79 Å². The number of likely N-dealkylation sites (N-methyl/N-ethyl adjacent to an activating group) is 1. The van der Waals surface area contributed by atoms with E-state index in [1.807, 2.05) is 0 Å². The molecule has 27 heavy (non-hydrogen) atoms. The summed E-state index contributed by atoms with van der Waals surface area (Å²) in [6, 6.07) is 1.84. The van der Waals surface area contributed by atoms with Gasteiger partial charge in [0.15, 0.2) is 23.5 Å². The number of nitrogens with zero attached hydrogens (tertiary/aromatic N) is 3. The van der Waals surface area contributed by atoms with Crippen LogP contribution in [0.25, 0.3) is 0 Å². The Morgan fingerprint density at radius 2 is 2.15 bits per heavy atom. The van der Waals surface area contributed by atoms with Crippen molar-refractivity contribution in [1.82, 2.24) is 4.90 Å². The normalized spacial score (nSPS) is 18.3. The third-order valence-electron chi connectivity index (χ3n) is 3.54. The molecule has 1 aromatic rings. The molecule has 0 fully saturated rings. The van der Waals surface area contributed by atoms with Crippen LogP contribution in [0.15, 0.2) is 17.2 Å². The predicted octanol–water partition coefficient (Wildman–Crippen LogP) is 1.20. The zero-order valence-corrected chi connectivity index (χ0v) is 15.2. The van der Waals surface area contributed by atoms with Gasteiger partial charge in [-0.25, -0.2) is 13.6 Å². The molecule has 14 heteroatoms. The SMILES string of the molecule is CN1C(C(F)(F)F)=NN(c2cc(NCS(=O)O)c(C(N)=S)cc2F)C1C=O. The van der Waals surface area contributed by atoms with E-state index >= 15 is 0 Å². The number of anilines is 2. The molecule has 0 radical (unpaired) electrons. The Hall–Kier alpha value is -2.32. The molecule has 2 atom stereocenters. The Morgan fingerprint density at radius 3 is 2.63 bits per heavy atom. The molecule has 0 bridgehead atoms. The second-order valence-electron chi connectivity index (χ2n) is 5.28. The van der Waals surface area contributed by atoms with E-state index in [0.29, 0.717) is 9.91 Å². The van der Waals surface area contributed by atoms with E-state index in [1.54, 1.807) is 0 Å². The largest absolute Gasteiger partial charge is 0.451 e. The van der Waals surface area contributed by atoms with Gasteiger partial charge in [0.25, 0.3) is 0 Å². The molecular weight excluding hydrogens is 414 g/mol. The van der Waals surface area contributed by atoms with Crippen molar-refractivity contribution in [3.63, 3.8) is 0 Å².